The molecular formula is C16H26N4O9S. The Morgan fingerprint density at radius 2 is 1.87 bits per heavy atom. The van der Waals surface area contributed by atoms with E-state index in [2.05, 4.69) is 9.76 Å². The Balaban J connectivity index is 1.49. The van der Waals surface area contributed by atoms with Gasteiger partial charge in [0.15, 0.2) is 0 Å². The van der Waals surface area contributed by atoms with Crippen molar-refractivity contribution in [2.45, 2.75) is 63.8 Å². The summed E-state index contributed by atoms with van der Waals surface area (Å²) in [6, 6.07) is -2.28. The number of rotatable bonds is 5. The van der Waals surface area contributed by atoms with Crippen molar-refractivity contribution in [1.82, 2.24) is 20.3 Å². The molecule has 2 N–H and O–H groups in total. The van der Waals surface area contributed by atoms with Gasteiger partial charge in [-0.1, -0.05) is 0 Å². The minimum atomic E-state index is -4.85. The fourth-order valence-electron chi connectivity index (χ4n) is 3.63. The third kappa shape index (κ3) is 5.30. The van der Waals surface area contributed by atoms with Crippen molar-refractivity contribution in [2.75, 3.05) is 19.6 Å². The molecule has 0 aliphatic carbocycles. The number of nitrogens with zero attached hydrogens (tertiary/aromatic N) is 3. The minimum Gasteiger partial charge on any atom is -0.444 e. The molecule has 170 valence electrons. The highest BCUT2D eigenvalue weighted by Gasteiger charge is 2.49. The molecule has 3 aliphatic rings. The van der Waals surface area contributed by atoms with E-state index in [1.165, 1.54) is 9.80 Å². The van der Waals surface area contributed by atoms with Crippen LogP contribution in [0.3, 0.4) is 0 Å². The number of hydrogen-bond donors (Lipinski definition) is 2. The first-order chi connectivity index (χ1) is 13.8. The highest BCUT2D eigenvalue weighted by molar-refractivity contribution is 7.80. The molecule has 2 bridgehead atoms. The lowest BCUT2D eigenvalue weighted by Crippen LogP contribution is -2.50. The number of carbonyl (C=O) groups excluding carboxylic acids is 3. The number of likely N-dealkylation sites (tertiary alicyclic amines) is 1. The average Bonchev–Trinajstić information content (AvgIpc) is 3.17. The van der Waals surface area contributed by atoms with Gasteiger partial charge in [0, 0.05) is 13.1 Å². The first-order valence-electron chi connectivity index (χ1n) is 9.54. The zero-order valence-electron chi connectivity index (χ0n) is 16.9. The molecule has 3 fully saturated rings. The van der Waals surface area contributed by atoms with Crippen molar-refractivity contribution in [2.24, 2.45) is 0 Å². The van der Waals surface area contributed by atoms with Crippen LogP contribution in [-0.4, -0.2) is 89.3 Å². The van der Waals surface area contributed by atoms with E-state index in [-0.39, 0.29) is 19.5 Å². The van der Waals surface area contributed by atoms with Gasteiger partial charge in [-0.2, -0.15) is 13.5 Å². The molecule has 3 atom stereocenters. The fraction of sp³-hybridized carbons (Fsp3) is 0.812. The quantitative estimate of drug-likeness (QED) is 0.436. The molecule has 3 heterocycles. The molecule has 1 unspecified atom stereocenters. The van der Waals surface area contributed by atoms with Crippen LogP contribution >= 0.6 is 0 Å². The number of hydrogen-bond acceptors (Lipinski definition) is 8. The number of amides is 4. The maximum absolute atomic E-state index is 12.5. The maximum Gasteiger partial charge on any atom is 0.418 e. The Morgan fingerprint density at radius 3 is 2.50 bits per heavy atom. The standard InChI is InChI=1S/C16H26N4O9S/c1-16(2,3)27-15(23)18-7-6-11(9-18)28-17-13(21)12-5-4-10-8-19(12)14(22)20(10)29-30(24,25)26/h10-12H,4-9H2,1-3H3,(H,17,21)(H,24,25,26)/t10?,11-,12-/m0/s1. The van der Waals surface area contributed by atoms with Crippen LogP contribution in [0.2, 0.25) is 0 Å². The zero-order chi connectivity index (χ0) is 22.3. The summed E-state index contributed by atoms with van der Waals surface area (Å²) in [6.07, 6.45) is 0.202. The monoisotopic (exact) mass is 450 g/mol. The van der Waals surface area contributed by atoms with Crippen molar-refractivity contribution in [3.63, 3.8) is 0 Å². The van der Waals surface area contributed by atoms with Crippen LogP contribution in [0, 0.1) is 0 Å². The van der Waals surface area contributed by atoms with Crippen molar-refractivity contribution in [3.05, 3.63) is 0 Å². The highest BCUT2D eigenvalue weighted by atomic mass is 32.3. The van der Waals surface area contributed by atoms with Crippen molar-refractivity contribution >= 4 is 28.4 Å². The summed E-state index contributed by atoms with van der Waals surface area (Å²) in [5.41, 5.74) is 1.72. The number of piperidine rings is 1. The van der Waals surface area contributed by atoms with Gasteiger partial charge in [-0.05, 0) is 40.0 Å². The Bertz CT molecular complexity index is 812. The van der Waals surface area contributed by atoms with Gasteiger partial charge in [0.25, 0.3) is 5.91 Å². The van der Waals surface area contributed by atoms with Gasteiger partial charge in [0.05, 0.1) is 12.6 Å². The summed E-state index contributed by atoms with van der Waals surface area (Å²) in [5.74, 6) is -0.564. The minimum absolute atomic E-state index is 0.0856. The molecular weight excluding hydrogens is 424 g/mol. The van der Waals surface area contributed by atoms with Crippen LogP contribution in [0.25, 0.3) is 0 Å². The molecule has 3 saturated heterocycles. The molecule has 0 aromatic carbocycles. The summed E-state index contributed by atoms with van der Waals surface area (Å²) in [4.78, 5) is 45.0. The highest BCUT2D eigenvalue weighted by Crippen LogP contribution is 2.30. The Morgan fingerprint density at radius 1 is 1.17 bits per heavy atom. The van der Waals surface area contributed by atoms with Crippen molar-refractivity contribution in [3.8, 4) is 0 Å². The first-order valence-corrected chi connectivity index (χ1v) is 10.9. The zero-order valence-corrected chi connectivity index (χ0v) is 17.8. The second-order valence-electron chi connectivity index (χ2n) is 8.43. The summed E-state index contributed by atoms with van der Waals surface area (Å²) in [7, 11) is -4.85. The van der Waals surface area contributed by atoms with Crippen LogP contribution in [0.4, 0.5) is 9.59 Å². The number of nitrogens with one attached hydrogen (secondary N) is 1. The van der Waals surface area contributed by atoms with Crippen LogP contribution in [0.5, 0.6) is 0 Å². The van der Waals surface area contributed by atoms with E-state index in [0.717, 1.165) is 0 Å². The largest absolute Gasteiger partial charge is 0.444 e. The number of hydroxylamine groups is 3. The summed E-state index contributed by atoms with van der Waals surface area (Å²) >= 11 is 0. The Kier molecular flexibility index (Phi) is 6.13. The lowest BCUT2D eigenvalue weighted by atomic mass is 10.0. The summed E-state index contributed by atoms with van der Waals surface area (Å²) in [5, 5.41) is 0.569. The lowest BCUT2D eigenvalue weighted by Gasteiger charge is -2.29. The third-order valence-corrected chi connectivity index (χ3v) is 5.27. The predicted octanol–water partition coefficient (Wildman–Crippen LogP) is 0.0466. The molecule has 3 aliphatic heterocycles. The number of carbonyl (C=O) groups is 3. The van der Waals surface area contributed by atoms with Gasteiger partial charge in [-0.15, -0.1) is 4.28 Å². The van der Waals surface area contributed by atoms with Crippen LogP contribution < -0.4 is 5.48 Å². The van der Waals surface area contributed by atoms with E-state index in [4.69, 9.17) is 14.1 Å². The molecule has 3 rings (SSSR count). The topological polar surface area (TPSA) is 155 Å². The van der Waals surface area contributed by atoms with E-state index in [1.807, 2.05) is 0 Å². The number of urea groups is 1. The predicted molar refractivity (Wildman–Crippen MR) is 98.8 cm³/mol. The molecule has 0 saturated carbocycles. The van der Waals surface area contributed by atoms with Gasteiger partial charge in [0.2, 0.25) is 0 Å². The van der Waals surface area contributed by atoms with Crippen molar-refractivity contribution in [1.29, 1.82) is 0 Å². The fourth-order valence-corrected chi connectivity index (χ4v) is 4.02. The summed E-state index contributed by atoms with van der Waals surface area (Å²) in [6.45, 7) is 6.07. The van der Waals surface area contributed by atoms with Crippen LogP contribution in [-0.2, 0) is 29.1 Å². The molecule has 0 aromatic rings. The third-order valence-electron chi connectivity index (χ3n) is 4.92. The van der Waals surface area contributed by atoms with E-state index >= 15 is 0 Å². The van der Waals surface area contributed by atoms with Gasteiger partial charge in [-0.25, -0.2) is 15.1 Å². The maximum atomic E-state index is 12.5. The molecule has 0 spiro atoms. The van der Waals surface area contributed by atoms with Gasteiger partial charge in [0.1, 0.15) is 17.7 Å². The number of ether oxygens (including phenoxy) is 1. The molecule has 14 heteroatoms. The first kappa shape index (κ1) is 22.5. The van der Waals surface area contributed by atoms with E-state index in [1.54, 1.807) is 20.8 Å². The molecule has 30 heavy (non-hydrogen) atoms. The molecule has 0 radical (unpaired) electrons. The Labute approximate surface area is 174 Å². The van der Waals surface area contributed by atoms with E-state index < -0.39 is 52.2 Å². The number of fused-ring (bicyclic) bond motifs is 2. The molecule has 0 aromatic heterocycles. The Hall–Kier alpha value is -2.16. The van der Waals surface area contributed by atoms with Gasteiger partial charge in [-0.3, -0.25) is 14.2 Å². The smallest absolute Gasteiger partial charge is 0.418 e. The molecule has 4 amide bonds. The van der Waals surface area contributed by atoms with Gasteiger partial charge >= 0.3 is 22.5 Å². The van der Waals surface area contributed by atoms with Crippen LogP contribution in [0.1, 0.15) is 40.0 Å². The van der Waals surface area contributed by atoms with E-state index in [0.29, 0.717) is 24.4 Å². The summed E-state index contributed by atoms with van der Waals surface area (Å²) < 4.78 is 40.3. The molecule has 13 nitrogen and oxygen atoms in total. The SMILES string of the molecule is CC(C)(C)OC(=O)N1CC[C@H](ONC(=O)[C@@H]2CCC3CN2C(=O)N3OS(=O)(=O)O)C1. The second-order valence-corrected chi connectivity index (χ2v) is 9.44. The average molecular weight is 450 g/mol. The van der Waals surface area contributed by atoms with Crippen LogP contribution in [0.15, 0.2) is 0 Å². The van der Waals surface area contributed by atoms with E-state index in [9.17, 15) is 22.8 Å². The second kappa shape index (κ2) is 8.17. The normalized spacial score (nSPS) is 26.9. The lowest BCUT2D eigenvalue weighted by molar-refractivity contribution is -0.143. The van der Waals surface area contributed by atoms with Crippen molar-refractivity contribution < 1.29 is 41.2 Å². The van der Waals surface area contributed by atoms with Gasteiger partial charge < -0.3 is 14.5 Å².